The third kappa shape index (κ3) is 7.93. The second-order valence-corrected chi connectivity index (χ2v) is 20.3. The largest absolute Gasteiger partial charge is 0.455 e. The number of para-hydroxylation sites is 2. The number of halogens is 2. The first kappa shape index (κ1) is 37.6. The van der Waals surface area contributed by atoms with Gasteiger partial charge in [-0.25, -0.2) is 9.36 Å². The van der Waals surface area contributed by atoms with Crippen molar-refractivity contribution in [3.8, 4) is 11.5 Å². The molecule has 0 unspecified atom stereocenters. The number of hydrogen-bond acceptors (Lipinski definition) is 7. The number of H-pyrrole nitrogens is 1. The minimum atomic E-state index is -4.20. The lowest BCUT2D eigenvalue weighted by Crippen LogP contribution is -2.68. The number of aromatic nitrogens is 2. The Morgan fingerprint density at radius 1 is 0.827 bits per heavy atom. The maximum Gasteiger partial charge on any atom is 0.455 e. The number of hydrogen-bond donors (Lipinski definition) is 1. The van der Waals surface area contributed by atoms with Crippen molar-refractivity contribution in [2.75, 3.05) is 0 Å². The van der Waals surface area contributed by atoms with Crippen LogP contribution in [0.3, 0.4) is 0 Å². The van der Waals surface area contributed by atoms with E-state index in [1.165, 1.54) is 16.6 Å². The average Bonchev–Trinajstić information content (AvgIpc) is 3.52. The van der Waals surface area contributed by atoms with E-state index < -0.39 is 45.6 Å². The zero-order chi connectivity index (χ0) is 37.1. The molecule has 0 saturated carbocycles. The first-order valence-electron chi connectivity index (χ1n) is 16.7. The molecule has 1 fully saturated rings. The number of aromatic amines is 1. The molecule has 1 aliphatic rings. The van der Waals surface area contributed by atoms with Gasteiger partial charge in [-0.15, -0.1) is 0 Å². The molecule has 0 bridgehead atoms. The fraction of sp³-hybridized carbons (Fsp3) is 0.231. The van der Waals surface area contributed by atoms with Crippen molar-refractivity contribution in [1.29, 1.82) is 0 Å². The molecule has 0 radical (unpaired) electrons. The van der Waals surface area contributed by atoms with Crippen LogP contribution < -0.4 is 30.7 Å². The summed E-state index contributed by atoms with van der Waals surface area (Å²) in [7, 11) is -7.36. The fourth-order valence-corrected chi connectivity index (χ4v) is 13.0. The number of aryl methyl sites for hydroxylation is 1. The topological polar surface area (TPSA) is 109 Å². The van der Waals surface area contributed by atoms with E-state index in [0.717, 1.165) is 10.4 Å². The number of ether oxygens (including phenoxy) is 1. The Kier molecular flexibility index (Phi) is 11.2. The number of nitrogens with one attached hydrogen (secondary N) is 1. The second-order valence-electron chi connectivity index (χ2n) is 13.5. The van der Waals surface area contributed by atoms with E-state index in [2.05, 4.69) is 50.0 Å². The molecular formula is C39H39Cl2N2O7PSi. The third-order valence-corrected chi connectivity index (χ3v) is 16.0. The van der Waals surface area contributed by atoms with Gasteiger partial charge in [0.15, 0.2) is 0 Å². The molecule has 0 amide bonds. The summed E-state index contributed by atoms with van der Waals surface area (Å²) in [5.41, 5.74) is -0.758. The highest BCUT2D eigenvalue weighted by Crippen LogP contribution is 2.53. The van der Waals surface area contributed by atoms with Gasteiger partial charge < -0.3 is 18.2 Å². The van der Waals surface area contributed by atoms with Crippen LogP contribution in [-0.4, -0.2) is 30.1 Å². The van der Waals surface area contributed by atoms with Gasteiger partial charge in [-0.3, -0.25) is 14.3 Å². The predicted molar refractivity (Wildman–Crippen MR) is 208 cm³/mol. The predicted octanol–water partition coefficient (Wildman–Crippen LogP) is 8.25. The van der Waals surface area contributed by atoms with Crippen molar-refractivity contribution < 1.29 is 22.8 Å². The lowest BCUT2D eigenvalue weighted by molar-refractivity contribution is 0.00682. The Bertz CT molecular complexity index is 2130. The van der Waals surface area contributed by atoms with Gasteiger partial charge in [0.1, 0.15) is 23.8 Å². The molecule has 1 aromatic heterocycles. The Hall–Kier alpha value is -4.15. The zero-order valence-electron chi connectivity index (χ0n) is 29.1. The van der Waals surface area contributed by atoms with Gasteiger partial charge in [0.05, 0.1) is 22.0 Å². The smallest absolute Gasteiger partial charge is 0.412 e. The zero-order valence-corrected chi connectivity index (χ0v) is 32.5. The minimum Gasteiger partial charge on any atom is -0.412 e. The summed E-state index contributed by atoms with van der Waals surface area (Å²) >= 11 is 12.8. The lowest BCUT2D eigenvalue weighted by Gasteiger charge is -2.45. The summed E-state index contributed by atoms with van der Waals surface area (Å²) in [4.78, 5) is 27.8. The Morgan fingerprint density at radius 2 is 1.33 bits per heavy atom. The van der Waals surface area contributed by atoms with E-state index in [1.54, 1.807) is 61.5 Å². The van der Waals surface area contributed by atoms with Crippen LogP contribution in [0.2, 0.25) is 15.1 Å². The van der Waals surface area contributed by atoms with Crippen molar-refractivity contribution >= 4 is 49.5 Å². The molecule has 1 aliphatic heterocycles. The molecule has 13 heteroatoms. The molecule has 5 aromatic rings. The van der Waals surface area contributed by atoms with Crippen molar-refractivity contribution in [2.24, 2.45) is 0 Å². The minimum absolute atomic E-state index is 0.143. The van der Waals surface area contributed by atoms with Crippen LogP contribution in [0.15, 0.2) is 137 Å². The van der Waals surface area contributed by atoms with Gasteiger partial charge in [-0.1, -0.05) is 129 Å². The highest BCUT2D eigenvalue weighted by atomic mass is 35.5. The van der Waals surface area contributed by atoms with Gasteiger partial charge in [-0.05, 0) is 52.7 Å². The Balaban J connectivity index is 1.47. The summed E-state index contributed by atoms with van der Waals surface area (Å²) in [6.45, 7) is 8.11. The van der Waals surface area contributed by atoms with Crippen LogP contribution >= 0.6 is 30.8 Å². The normalized spacial score (nSPS) is 18.1. The molecule has 9 nitrogen and oxygen atoms in total. The highest BCUT2D eigenvalue weighted by molar-refractivity contribution is 7.58. The molecule has 2 heterocycles. The van der Waals surface area contributed by atoms with Gasteiger partial charge in [0.25, 0.3) is 13.9 Å². The van der Waals surface area contributed by atoms with Crippen LogP contribution in [0.5, 0.6) is 11.5 Å². The average molecular weight is 778 g/mol. The molecule has 1 saturated heterocycles. The van der Waals surface area contributed by atoms with Crippen LogP contribution in [0.1, 0.15) is 39.0 Å². The van der Waals surface area contributed by atoms with Crippen molar-refractivity contribution in [3.05, 3.63) is 164 Å². The number of benzene rings is 4. The summed E-state index contributed by atoms with van der Waals surface area (Å²) in [5, 5.41) is 2.18. The van der Waals surface area contributed by atoms with Gasteiger partial charge in [-0.2, -0.15) is 0 Å². The molecule has 6 rings (SSSR count). The van der Waals surface area contributed by atoms with E-state index in [1.807, 2.05) is 36.4 Å². The molecule has 270 valence electrons. The number of nitrogens with zero attached hydrogens (tertiary/aromatic N) is 1. The Labute approximate surface area is 313 Å². The van der Waals surface area contributed by atoms with Crippen molar-refractivity contribution in [2.45, 2.75) is 57.6 Å². The third-order valence-electron chi connectivity index (χ3n) is 8.90. The molecule has 0 aliphatic carbocycles. The Morgan fingerprint density at radius 3 is 1.83 bits per heavy atom. The summed E-state index contributed by atoms with van der Waals surface area (Å²) < 4.78 is 42.1. The first-order valence-corrected chi connectivity index (χ1v) is 21.0. The summed E-state index contributed by atoms with van der Waals surface area (Å²) in [6.07, 6.45) is 0.926. The lowest BCUT2D eigenvalue weighted by atomic mass is 10.2. The van der Waals surface area contributed by atoms with Gasteiger partial charge in [0, 0.05) is 18.2 Å². The van der Waals surface area contributed by atoms with E-state index in [9.17, 15) is 14.2 Å². The second kappa shape index (κ2) is 15.4. The number of rotatable bonds is 11. The van der Waals surface area contributed by atoms with Crippen molar-refractivity contribution in [3.63, 3.8) is 0 Å². The van der Waals surface area contributed by atoms with E-state index in [0.29, 0.717) is 5.56 Å². The molecule has 0 spiro atoms. The van der Waals surface area contributed by atoms with E-state index >= 15 is 0 Å². The SMILES string of the molecule is Cc1cn([C@H]2C[C@H](O[Si](c3ccccc3)(c3ccccc3)C(C)(C)C)[C@@H](/C=C/P(=O)(Oc3ccccc3Cl)Oc3ccccc3Cl)O2)c(=O)[nH]c1=O. The van der Waals surface area contributed by atoms with Crippen LogP contribution in [-0.2, 0) is 13.7 Å². The van der Waals surface area contributed by atoms with Crippen LogP contribution in [0.25, 0.3) is 0 Å². The van der Waals surface area contributed by atoms with Crippen LogP contribution in [0.4, 0.5) is 0 Å². The monoisotopic (exact) mass is 776 g/mol. The van der Waals surface area contributed by atoms with Gasteiger partial charge in [0.2, 0.25) is 0 Å². The maximum atomic E-state index is 14.7. The summed E-state index contributed by atoms with van der Waals surface area (Å²) in [6, 6.07) is 33.5. The quantitative estimate of drug-likeness (QED) is 0.106. The van der Waals surface area contributed by atoms with Crippen LogP contribution in [0, 0.1) is 6.92 Å². The molecule has 4 aromatic carbocycles. The molecule has 1 N–H and O–H groups in total. The summed E-state index contributed by atoms with van der Waals surface area (Å²) in [5.74, 6) is 1.60. The van der Waals surface area contributed by atoms with Gasteiger partial charge >= 0.3 is 13.3 Å². The standard InChI is InChI=1S/C39H39Cl2N2O7PSi/c1-27-26-43(38(45)42-37(27)44)36-25-35(50-52(39(2,3)4,28-15-7-5-8-16-28)29-17-9-6-10-18-29)34(47-36)23-24-51(46,48-32-21-13-11-19-30(32)40)49-33-22-14-12-20-31(33)41/h5-24,26,34-36H,25H2,1-4H3,(H,42,44,45)/b24-23+/t34-,35+,36-/m1/s1. The maximum absolute atomic E-state index is 14.7. The van der Waals surface area contributed by atoms with E-state index in [4.69, 9.17) is 41.4 Å². The fourth-order valence-electron chi connectivity index (χ4n) is 6.42. The van der Waals surface area contributed by atoms with Crippen molar-refractivity contribution in [1.82, 2.24) is 9.55 Å². The molecular weight excluding hydrogens is 738 g/mol. The molecule has 3 atom stereocenters. The molecule has 52 heavy (non-hydrogen) atoms. The first-order chi connectivity index (χ1) is 24.8. The highest BCUT2D eigenvalue weighted by Gasteiger charge is 2.53. The van der Waals surface area contributed by atoms with E-state index in [-0.39, 0.29) is 33.0 Å².